The van der Waals surface area contributed by atoms with E-state index in [0.717, 1.165) is 16.7 Å². The molecule has 4 aromatic rings. The van der Waals surface area contributed by atoms with Crippen LogP contribution in [0, 0.1) is 0 Å². The normalized spacial score (nSPS) is 15.5. The first-order chi connectivity index (χ1) is 19.1. The number of nitrogens with zero attached hydrogens (tertiary/aromatic N) is 2. The summed E-state index contributed by atoms with van der Waals surface area (Å²) in [6, 6.07) is 30.5. The predicted octanol–water partition coefficient (Wildman–Crippen LogP) is 4.72. The molecule has 1 aliphatic heterocycles. The van der Waals surface area contributed by atoms with Crippen molar-refractivity contribution in [1.82, 2.24) is 10.3 Å². The van der Waals surface area contributed by atoms with Crippen molar-refractivity contribution >= 4 is 34.1 Å². The van der Waals surface area contributed by atoms with Gasteiger partial charge in [0.25, 0.3) is 5.91 Å². The Morgan fingerprint density at radius 1 is 1.00 bits per heavy atom. The fourth-order valence-corrected chi connectivity index (χ4v) is 5.31. The number of carbonyl (C=O) groups excluding carboxylic acids is 2. The molecule has 8 nitrogen and oxygen atoms in total. The van der Waals surface area contributed by atoms with Crippen molar-refractivity contribution in [3.63, 3.8) is 0 Å². The number of thiazole rings is 1. The van der Waals surface area contributed by atoms with E-state index >= 15 is 0 Å². The Hall–Kier alpha value is -4.50. The van der Waals surface area contributed by atoms with Gasteiger partial charge < -0.3 is 20.2 Å². The molecule has 1 atom stereocenters. The summed E-state index contributed by atoms with van der Waals surface area (Å²) in [7, 11) is 0. The lowest BCUT2D eigenvalue weighted by Crippen LogP contribution is -2.38. The van der Waals surface area contributed by atoms with E-state index < -0.39 is 17.6 Å². The quantitative estimate of drug-likeness (QED) is 0.131. The molecule has 1 unspecified atom stereocenters. The summed E-state index contributed by atoms with van der Waals surface area (Å²) in [5, 5.41) is 12.7. The molecular weight excluding hydrogens is 512 g/mol. The third-order valence-electron chi connectivity index (χ3n) is 6.40. The Labute approximate surface area is 230 Å². The Kier molecular flexibility index (Phi) is 7.98. The maximum absolute atomic E-state index is 12.8. The zero-order valence-electron chi connectivity index (χ0n) is 21.4. The van der Waals surface area contributed by atoms with Gasteiger partial charge in [-0.25, -0.2) is 9.78 Å². The monoisotopic (exact) mass is 540 g/mol. The molecule has 1 aromatic heterocycles. The number of anilines is 1. The number of rotatable bonds is 10. The number of benzene rings is 3. The number of aromatic nitrogens is 1. The van der Waals surface area contributed by atoms with Crippen molar-refractivity contribution in [3.8, 4) is 0 Å². The van der Waals surface area contributed by atoms with E-state index in [1.165, 1.54) is 11.3 Å². The molecule has 0 spiro atoms. The van der Waals surface area contributed by atoms with Gasteiger partial charge >= 0.3 is 5.97 Å². The van der Waals surface area contributed by atoms with E-state index in [4.69, 9.17) is 14.6 Å². The average Bonchev–Trinajstić information content (AvgIpc) is 3.62. The van der Waals surface area contributed by atoms with E-state index in [2.05, 4.69) is 52.2 Å². The summed E-state index contributed by atoms with van der Waals surface area (Å²) < 4.78 is 5.21. The largest absolute Gasteiger partial charge is 0.461 e. The van der Waals surface area contributed by atoms with Gasteiger partial charge in [0.2, 0.25) is 11.8 Å². The number of nitrogens with one attached hydrogen (secondary N) is 2. The van der Waals surface area contributed by atoms with Crippen LogP contribution in [0.3, 0.4) is 0 Å². The van der Waals surface area contributed by atoms with E-state index in [-0.39, 0.29) is 18.2 Å². The van der Waals surface area contributed by atoms with Crippen molar-refractivity contribution in [3.05, 3.63) is 119 Å². The van der Waals surface area contributed by atoms with Crippen LogP contribution in [-0.4, -0.2) is 41.8 Å². The van der Waals surface area contributed by atoms with Crippen molar-refractivity contribution in [1.29, 1.82) is 0 Å². The van der Waals surface area contributed by atoms with Gasteiger partial charge in [-0.15, -0.1) is 11.3 Å². The smallest absolute Gasteiger partial charge is 0.362 e. The summed E-state index contributed by atoms with van der Waals surface area (Å²) in [4.78, 5) is 34.9. The van der Waals surface area contributed by atoms with E-state index in [1.54, 1.807) is 12.3 Å². The third-order valence-corrected chi connectivity index (χ3v) is 7.16. The number of carbonyl (C=O) groups is 2. The minimum absolute atomic E-state index is 0.0921. The number of oxime groups is 1. The lowest BCUT2D eigenvalue weighted by molar-refractivity contribution is -0.136. The molecule has 3 aromatic carbocycles. The second-order valence-electron chi connectivity index (χ2n) is 8.85. The molecule has 2 heterocycles. The van der Waals surface area contributed by atoms with Crippen molar-refractivity contribution in [2.75, 3.05) is 18.5 Å². The van der Waals surface area contributed by atoms with Crippen molar-refractivity contribution < 1.29 is 19.2 Å². The van der Waals surface area contributed by atoms with Gasteiger partial charge in [-0.2, -0.15) is 0 Å². The molecule has 0 radical (unpaired) electrons. The van der Waals surface area contributed by atoms with Gasteiger partial charge in [0.15, 0.2) is 5.13 Å². The average molecular weight is 541 g/mol. The fourth-order valence-electron chi connectivity index (χ4n) is 4.56. The molecule has 39 heavy (non-hydrogen) atoms. The minimum Gasteiger partial charge on any atom is -0.461 e. The third kappa shape index (κ3) is 5.53. The van der Waals surface area contributed by atoms with Crippen LogP contribution in [0.15, 0.2) is 102 Å². The Morgan fingerprint density at radius 3 is 2.05 bits per heavy atom. The first kappa shape index (κ1) is 26.1. The zero-order valence-corrected chi connectivity index (χ0v) is 22.2. The van der Waals surface area contributed by atoms with Gasteiger partial charge in [0, 0.05) is 18.3 Å². The van der Waals surface area contributed by atoms with Gasteiger partial charge in [0.05, 0.1) is 6.61 Å². The van der Waals surface area contributed by atoms with Gasteiger partial charge in [-0.1, -0.05) is 96.2 Å². The molecule has 0 saturated carbocycles. The van der Waals surface area contributed by atoms with Crippen LogP contribution in [0.2, 0.25) is 0 Å². The highest BCUT2D eigenvalue weighted by Crippen LogP contribution is 2.40. The molecule has 0 aliphatic carbocycles. The van der Waals surface area contributed by atoms with E-state index in [1.807, 2.05) is 54.6 Å². The molecule has 9 heteroatoms. The van der Waals surface area contributed by atoms with Crippen molar-refractivity contribution in [2.24, 2.45) is 5.16 Å². The molecule has 198 valence electrons. The van der Waals surface area contributed by atoms with E-state index in [9.17, 15) is 9.59 Å². The summed E-state index contributed by atoms with van der Waals surface area (Å²) in [6.45, 7) is 2.37. The van der Waals surface area contributed by atoms with Crippen LogP contribution in [0.1, 0.15) is 35.7 Å². The highest BCUT2D eigenvalue weighted by Gasteiger charge is 2.37. The molecule has 1 amide bonds. The second kappa shape index (κ2) is 11.9. The van der Waals surface area contributed by atoms with Gasteiger partial charge in [0.1, 0.15) is 11.2 Å². The highest BCUT2D eigenvalue weighted by molar-refractivity contribution is 7.14. The predicted molar refractivity (Wildman–Crippen MR) is 151 cm³/mol. The first-order valence-corrected chi connectivity index (χ1v) is 13.6. The molecule has 1 aliphatic rings. The molecule has 1 saturated heterocycles. The van der Waals surface area contributed by atoms with Crippen LogP contribution in [0.25, 0.3) is 0 Å². The number of hydrogen-bond acceptors (Lipinski definition) is 8. The Bertz CT molecular complexity index is 1340. The maximum Gasteiger partial charge on any atom is 0.362 e. The number of hydrogen-bond donors (Lipinski definition) is 2. The second-order valence-corrected chi connectivity index (χ2v) is 9.70. The highest BCUT2D eigenvalue weighted by atomic mass is 32.1. The van der Waals surface area contributed by atoms with Crippen LogP contribution in [0.4, 0.5) is 5.13 Å². The van der Waals surface area contributed by atoms with Crippen LogP contribution < -0.4 is 10.6 Å². The van der Waals surface area contributed by atoms with Crippen LogP contribution >= 0.6 is 11.3 Å². The Balaban J connectivity index is 1.57. The molecule has 5 rings (SSSR count). The molecule has 0 bridgehead atoms. The minimum atomic E-state index is -0.779. The lowest BCUT2D eigenvalue weighted by Gasteiger charge is -2.36. The topological polar surface area (TPSA) is 102 Å². The Morgan fingerprint density at radius 2 is 1.56 bits per heavy atom. The first-order valence-electron chi connectivity index (χ1n) is 12.7. The van der Waals surface area contributed by atoms with Crippen LogP contribution in [0.5, 0.6) is 0 Å². The summed E-state index contributed by atoms with van der Waals surface area (Å²) in [6.07, 6.45) is -0.289. The summed E-state index contributed by atoms with van der Waals surface area (Å²) in [5.41, 5.74) is 2.49. The lowest BCUT2D eigenvalue weighted by atomic mass is 9.77. The zero-order chi connectivity index (χ0) is 27.1. The molecule has 1 fully saturated rings. The SMILES string of the molecule is CCOC(=O)C(=NOC1CCNC1=O)c1csc(NC(c2ccccc2)(c2ccccc2)c2ccccc2)n1. The summed E-state index contributed by atoms with van der Waals surface area (Å²) in [5.74, 6) is -0.936. The van der Waals surface area contributed by atoms with Gasteiger partial charge in [-0.05, 0) is 23.6 Å². The summed E-state index contributed by atoms with van der Waals surface area (Å²) >= 11 is 1.34. The number of amides is 1. The van der Waals surface area contributed by atoms with Crippen LogP contribution in [-0.2, 0) is 24.7 Å². The molecule has 2 N–H and O–H groups in total. The van der Waals surface area contributed by atoms with E-state index in [0.29, 0.717) is 23.8 Å². The fraction of sp³-hybridized carbons (Fsp3) is 0.200. The van der Waals surface area contributed by atoms with Crippen molar-refractivity contribution in [2.45, 2.75) is 25.0 Å². The molecular formula is C30H28N4O4S. The maximum atomic E-state index is 12.8. The van der Waals surface area contributed by atoms with Gasteiger partial charge in [-0.3, -0.25) is 4.79 Å². The number of ether oxygens (including phenoxy) is 1. The standard InChI is InChI=1S/C30H28N4O4S/c1-2-37-28(36)26(34-38-25-18-19-31-27(25)35)24-20-39-29(32-24)33-30(21-12-6-3-7-13-21,22-14-8-4-9-15-22)23-16-10-5-11-17-23/h3-17,20,25H,2,18-19H2,1H3,(H,31,35)(H,32,33). The number of esters is 1.